The first-order chi connectivity index (χ1) is 8.65. The van der Waals surface area contributed by atoms with Gasteiger partial charge in [-0.05, 0) is 64.1 Å². The highest BCUT2D eigenvalue weighted by Gasteiger charge is 2.19. The Balaban J connectivity index is 1.79. The van der Waals surface area contributed by atoms with Crippen molar-refractivity contribution in [2.24, 2.45) is 0 Å². The van der Waals surface area contributed by atoms with Gasteiger partial charge in [-0.2, -0.15) is 0 Å². The van der Waals surface area contributed by atoms with Gasteiger partial charge in [0.25, 0.3) is 0 Å². The van der Waals surface area contributed by atoms with Crippen LogP contribution in [0.25, 0.3) is 0 Å². The van der Waals surface area contributed by atoms with Gasteiger partial charge in [0.15, 0.2) is 0 Å². The summed E-state index contributed by atoms with van der Waals surface area (Å²) < 4.78 is 0. The molecule has 0 atom stereocenters. The molecule has 0 aliphatic carbocycles. The second-order valence-corrected chi connectivity index (χ2v) is 5.51. The lowest BCUT2D eigenvalue weighted by Gasteiger charge is -2.35. The Bertz CT molecular complexity index is 370. The Kier molecular flexibility index (Phi) is 4.61. The monoisotopic (exact) mass is 247 g/mol. The minimum absolute atomic E-state index is 0.752. The molecule has 1 fully saturated rings. The number of benzene rings is 1. The van der Waals surface area contributed by atoms with E-state index in [0.717, 1.165) is 24.7 Å². The molecular formula is C15H25N3. The number of rotatable bonds is 4. The zero-order chi connectivity index (χ0) is 13.0. The maximum Gasteiger partial charge on any atom is 0.0316 e. The normalized spacial score (nSPS) is 18.4. The smallest absolute Gasteiger partial charge is 0.0316 e. The molecule has 0 aromatic heterocycles. The fourth-order valence-corrected chi connectivity index (χ4v) is 2.67. The van der Waals surface area contributed by atoms with Crippen LogP contribution >= 0.6 is 0 Å². The van der Waals surface area contributed by atoms with Gasteiger partial charge in [0.05, 0.1) is 0 Å². The minimum atomic E-state index is 0.752. The first kappa shape index (κ1) is 13.4. The molecule has 2 rings (SSSR count). The average Bonchev–Trinajstić information content (AvgIpc) is 2.37. The van der Waals surface area contributed by atoms with E-state index in [1.807, 2.05) is 12.1 Å². The Labute approximate surface area is 111 Å². The van der Waals surface area contributed by atoms with E-state index in [1.54, 1.807) is 0 Å². The number of piperidine rings is 1. The van der Waals surface area contributed by atoms with Crippen LogP contribution in [0, 0.1) is 0 Å². The molecule has 3 nitrogen and oxygen atoms in total. The third-order valence-electron chi connectivity index (χ3n) is 4.02. The number of hydrogen-bond acceptors (Lipinski definition) is 3. The Morgan fingerprint density at radius 2 is 2.06 bits per heavy atom. The number of hydrogen-bond donors (Lipinski definition) is 1. The highest BCUT2D eigenvalue weighted by Crippen LogP contribution is 2.15. The molecule has 0 unspecified atom stereocenters. The molecule has 0 saturated carbocycles. The molecule has 1 heterocycles. The van der Waals surface area contributed by atoms with Crippen molar-refractivity contribution < 1.29 is 0 Å². The fraction of sp³-hybridized carbons (Fsp3) is 0.600. The van der Waals surface area contributed by atoms with Crippen LogP contribution in [0.4, 0.5) is 5.69 Å². The van der Waals surface area contributed by atoms with Crippen molar-refractivity contribution in [1.82, 2.24) is 9.80 Å². The Morgan fingerprint density at radius 1 is 1.33 bits per heavy atom. The van der Waals surface area contributed by atoms with Crippen LogP contribution < -0.4 is 5.73 Å². The number of likely N-dealkylation sites (N-methyl/N-ethyl adjacent to an activating group) is 1. The summed E-state index contributed by atoms with van der Waals surface area (Å²) in [6, 6.07) is 8.99. The van der Waals surface area contributed by atoms with E-state index in [0.29, 0.717) is 0 Å². The average molecular weight is 247 g/mol. The molecular weight excluding hydrogens is 222 g/mol. The van der Waals surface area contributed by atoms with Gasteiger partial charge in [0.2, 0.25) is 0 Å². The van der Waals surface area contributed by atoms with Crippen molar-refractivity contribution >= 4 is 5.69 Å². The van der Waals surface area contributed by atoms with Gasteiger partial charge in [-0.25, -0.2) is 0 Å². The van der Waals surface area contributed by atoms with Crippen molar-refractivity contribution in [3.63, 3.8) is 0 Å². The van der Waals surface area contributed by atoms with Crippen molar-refractivity contribution in [1.29, 1.82) is 0 Å². The van der Waals surface area contributed by atoms with E-state index < -0.39 is 0 Å². The summed E-state index contributed by atoms with van der Waals surface area (Å²) in [6.07, 6.45) is 3.68. The highest BCUT2D eigenvalue weighted by atomic mass is 15.2. The molecule has 2 N–H and O–H groups in total. The summed E-state index contributed by atoms with van der Waals surface area (Å²) in [5.74, 6) is 0. The lowest BCUT2D eigenvalue weighted by Crippen LogP contribution is -2.42. The van der Waals surface area contributed by atoms with Crippen LogP contribution in [0.2, 0.25) is 0 Å². The molecule has 0 spiro atoms. The maximum absolute atomic E-state index is 5.80. The van der Waals surface area contributed by atoms with E-state index in [-0.39, 0.29) is 0 Å². The van der Waals surface area contributed by atoms with E-state index in [9.17, 15) is 0 Å². The lowest BCUT2D eigenvalue weighted by atomic mass is 10.0. The lowest BCUT2D eigenvalue weighted by molar-refractivity contribution is 0.145. The summed E-state index contributed by atoms with van der Waals surface area (Å²) in [7, 11) is 4.46. The number of likely N-dealkylation sites (tertiary alicyclic amines) is 1. The molecule has 1 saturated heterocycles. The second-order valence-electron chi connectivity index (χ2n) is 5.51. The van der Waals surface area contributed by atoms with E-state index in [1.165, 1.54) is 31.5 Å². The first-order valence-corrected chi connectivity index (χ1v) is 6.88. The second kappa shape index (κ2) is 6.21. The predicted molar refractivity (Wildman–Crippen MR) is 77.7 cm³/mol. The first-order valence-electron chi connectivity index (χ1n) is 6.88. The SMILES string of the molecule is CN1CCC(N(C)CCc2cccc(N)c2)CC1. The molecule has 1 aliphatic rings. The van der Waals surface area contributed by atoms with Gasteiger partial charge >= 0.3 is 0 Å². The largest absolute Gasteiger partial charge is 0.399 e. The van der Waals surface area contributed by atoms with Crippen molar-refractivity contribution in [2.45, 2.75) is 25.3 Å². The summed E-state index contributed by atoms with van der Waals surface area (Å²) in [5.41, 5.74) is 8.02. The molecule has 18 heavy (non-hydrogen) atoms. The van der Waals surface area contributed by atoms with Crippen LogP contribution in [-0.4, -0.2) is 49.6 Å². The molecule has 100 valence electrons. The maximum atomic E-state index is 5.80. The van der Waals surface area contributed by atoms with E-state index >= 15 is 0 Å². The molecule has 0 radical (unpaired) electrons. The molecule has 1 aromatic carbocycles. The molecule has 0 bridgehead atoms. The summed E-state index contributed by atoms with van der Waals surface area (Å²) in [6.45, 7) is 3.58. The van der Waals surface area contributed by atoms with Crippen LogP contribution in [-0.2, 0) is 6.42 Å². The number of nitrogens with zero attached hydrogens (tertiary/aromatic N) is 2. The molecule has 0 amide bonds. The van der Waals surface area contributed by atoms with Gasteiger partial charge < -0.3 is 15.5 Å². The van der Waals surface area contributed by atoms with Crippen LogP contribution in [0.1, 0.15) is 18.4 Å². The quantitative estimate of drug-likeness (QED) is 0.824. The number of nitrogen functional groups attached to an aromatic ring is 1. The van der Waals surface area contributed by atoms with Gasteiger partial charge in [-0.3, -0.25) is 0 Å². The van der Waals surface area contributed by atoms with Gasteiger partial charge in [-0.1, -0.05) is 12.1 Å². The van der Waals surface area contributed by atoms with Crippen LogP contribution in [0.5, 0.6) is 0 Å². The zero-order valence-electron chi connectivity index (χ0n) is 11.6. The summed E-state index contributed by atoms with van der Waals surface area (Å²) in [4.78, 5) is 4.93. The number of anilines is 1. The van der Waals surface area contributed by atoms with Gasteiger partial charge in [0, 0.05) is 18.3 Å². The van der Waals surface area contributed by atoms with Crippen molar-refractivity contribution in [3.8, 4) is 0 Å². The standard InChI is InChI=1S/C15H25N3/c1-17-9-7-15(8-10-17)18(2)11-6-13-4-3-5-14(16)12-13/h3-5,12,15H,6-11,16H2,1-2H3. The van der Waals surface area contributed by atoms with Crippen molar-refractivity contribution in [2.75, 3.05) is 39.5 Å². The van der Waals surface area contributed by atoms with Crippen LogP contribution in [0.3, 0.4) is 0 Å². The summed E-state index contributed by atoms with van der Waals surface area (Å²) in [5, 5.41) is 0. The predicted octanol–water partition coefficient (Wildman–Crippen LogP) is 1.84. The highest BCUT2D eigenvalue weighted by molar-refractivity contribution is 5.40. The molecule has 1 aromatic rings. The Hall–Kier alpha value is -1.06. The zero-order valence-corrected chi connectivity index (χ0v) is 11.6. The molecule has 1 aliphatic heterocycles. The van der Waals surface area contributed by atoms with E-state index in [2.05, 4.69) is 36.0 Å². The third kappa shape index (κ3) is 3.72. The van der Waals surface area contributed by atoms with Gasteiger partial charge in [-0.15, -0.1) is 0 Å². The minimum Gasteiger partial charge on any atom is -0.399 e. The number of nitrogens with two attached hydrogens (primary N) is 1. The topological polar surface area (TPSA) is 32.5 Å². The van der Waals surface area contributed by atoms with Gasteiger partial charge in [0.1, 0.15) is 0 Å². The fourth-order valence-electron chi connectivity index (χ4n) is 2.67. The van der Waals surface area contributed by atoms with E-state index in [4.69, 9.17) is 5.73 Å². The Morgan fingerprint density at radius 3 is 2.72 bits per heavy atom. The summed E-state index contributed by atoms with van der Waals surface area (Å²) >= 11 is 0. The third-order valence-corrected chi connectivity index (χ3v) is 4.02. The van der Waals surface area contributed by atoms with Crippen LogP contribution in [0.15, 0.2) is 24.3 Å². The molecule has 3 heteroatoms. The van der Waals surface area contributed by atoms with Crippen molar-refractivity contribution in [3.05, 3.63) is 29.8 Å².